The largest absolute Gasteiger partial charge is 0.486 e. The first kappa shape index (κ1) is 16.3. The normalized spacial score (nSPS) is 12.7. The van der Waals surface area contributed by atoms with Gasteiger partial charge >= 0.3 is 0 Å². The van der Waals surface area contributed by atoms with Crippen LogP contribution in [0.3, 0.4) is 0 Å². The molecular weight excluding hydrogens is 358 g/mol. The maximum atomic E-state index is 12.6. The van der Waals surface area contributed by atoms with Crippen molar-refractivity contribution in [3.63, 3.8) is 0 Å². The molecule has 8 nitrogen and oxygen atoms in total. The number of tetrazole rings is 1. The fourth-order valence-corrected chi connectivity index (χ4v) is 2.92. The number of carbonyl (C=O) groups excluding carboxylic acids is 1. The molecule has 0 saturated heterocycles. The van der Waals surface area contributed by atoms with E-state index in [1.807, 2.05) is 12.1 Å². The van der Waals surface area contributed by atoms with Gasteiger partial charge in [-0.3, -0.25) is 4.79 Å². The van der Waals surface area contributed by atoms with E-state index in [9.17, 15) is 4.79 Å². The second kappa shape index (κ2) is 6.64. The lowest BCUT2D eigenvalue weighted by atomic mass is 10.1. The lowest BCUT2D eigenvalue weighted by molar-refractivity contribution is 0.102. The van der Waals surface area contributed by atoms with Crippen molar-refractivity contribution >= 4 is 23.2 Å². The minimum Gasteiger partial charge on any atom is -0.486 e. The Hall–Kier alpha value is -3.13. The van der Waals surface area contributed by atoms with Gasteiger partial charge in [0.2, 0.25) is 0 Å². The zero-order valence-corrected chi connectivity index (χ0v) is 14.5. The number of aromatic nitrogens is 4. The molecule has 0 unspecified atom stereocenters. The molecule has 1 aliphatic rings. The third-order valence-electron chi connectivity index (χ3n) is 3.86. The summed E-state index contributed by atoms with van der Waals surface area (Å²) in [6, 6.07) is 10.4. The van der Waals surface area contributed by atoms with Crippen molar-refractivity contribution in [1.29, 1.82) is 0 Å². The summed E-state index contributed by atoms with van der Waals surface area (Å²) in [4.78, 5) is 12.6. The highest BCUT2D eigenvalue weighted by molar-refractivity contribution is 6.32. The van der Waals surface area contributed by atoms with Gasteiger partial charge in [-0.05, 0) is 34.7 Å². The molecule has 2 heterocycles. The number of rotatable bonds is 3. The molecule has 0 saturated carbocycles. The molecule has 4 rings (SSSR count). The summed E-state index contributed by atoms with van der Waals surface area (Å²) in [7, 11) is 1.75. The van der Waals surface area contributed by atoms with Crippen LogP contribution in [0.25, 0.3) is 11.4 Å². The van der Waals surface area contributed by atoms with E-state index in [2.05, 4.69) is 20.8 Å². The van der Waals surface area contributed by atoms with Crippen LogP contribution in [0, 0.1) is 0 Å². The molecule has 9 heteroatoms. The molecule has 1 amide bonds. The summed E-state index contributed by atoms with van der Waals surface area (Å²) < 4.78 is 12.5. The number of carbonyl (C=O) groups is 1. The number of amides is 1. The number of benzene rings is 2. The van der Waals surface area contributed by atoms with Gasteiger partial charge in [-0.2, -0.15) is 0 Å². The van der Waals surface area contributed by atoms with E-state index >= 15 is 0 Å². The van der Waals surface area contributed by atoms with Gasteiger partial charge in [-0.1, -0.05) is 23.7 Å². The van der Waals surface area contributed by atoms with Crippen LogP contribution in [0.4, 0.5) is 5.69 Å². The van der Waals surface area contributed by atoms with Crippen molar-refractivity contribution in [2.75, 3.05) is 18.5 Å². The fourth-order valence-electron chi connectivity index (χ4n) is 2.66. The van der Waals surface area contributed by atoms with E-state index in [0.717, 1.165) is 5.56 Å². The van der Waals surface area contributed by atoms with E-state index in [1.165, 1.54) is 0 Å². The molecular formula is C17H14ClN5O3. The quantitative estimate of drug-likeness (QED) is 0.760. The smallest absolute Gasteiger partial charge is 0.255 e. The Morgan fingerprint density at radius 1 is 1.23 bits per heavy atom. The van der Waals surface area contributed by atoms with E-state index < -0.39 is 0 Å². The van der Waals surface area contributed by atoms with Crippen LogP contribution in [0.2, 0.25) is 5.02 Å². The molecule has 1 aromatic heterocycles. The van der Waals surface area contributed by atoms with Crippen LogP contribution >= 0.6 is 11.6 Å². The maximum Gasteiger partial charge on any atom is 0.255 e. The highest BCUT2D eigenvalue weighted by Crippen LogP contribution is 2.38. The first-order valence-electron chi connectivity index (χ1n) is 7.85. The Balaban J connectivity index is 1.59. The minimum absolute atomic E-state index is 0.308. The fraction of sp³-hybridized carbons (Fsp3) is 0.176. The van der Waals surface area contributed by atoms with Crippen molar-refractivity contribution in [2.24, 2.45) is 7.05 Å². The van der Waals surface area contributed by atoms with Crippen LogP contribution in [0.5, 0.6) is 11.5 Å². The number of ether oxygens (including phenoxy) is 2. The molecule has 0 spiro atoms. The molecule has 3 aromatic rings. The molecule has 0 atom stereocenters. The molecule has 0 radical (unpaired) electrons. The lowest BCUT2D eigenvalue weighted by Gasteiger charge is -2.20. The van der Waals surface area contributed by atoms with Gasteiger partial charge in [0, 0.05) is 23.9 Å². The zero-order chi connectivity index (χ0) is 18.1. The molecule has 0 fully saturated rings. The van der Waals surface area contributed by atoms with E-state index in [0.29, 0.717) is 46.8 Å². The zero-order valence-electron chi connectivity index (χ0n) is 13.8. The summed E-state index contributed by atoms with van der Waals surface area (Å²) in [5.74, 6) is 1.22. The standard InChI is InChI=1S/C17H14ClN5O3/c1-23-16(20-21-22-23)10-3-2-4-12(7-10)19-17(24)11-8-13(18)15-14(9-11)25-5-6-26-15/h2-4,7-9H,5-6H2,1H3,(H,19,24). The Morgan fingerprint density at radius 2 is 2.08 bits per heavy atom. The third-order valence-corrected chi connectivity index (χ3v) is 4.14. The molecule has 1 aliphatic heterocycles. The topological polar surface area (TPSA) is 91.2 Å². The van der Waals surface area contributed by atoms with Crippen molar-refractivity contribution in [2.45, 2.75) is 0 Å². The molecule has 26 heavy (non-hydrogen) atoms. The van der Waals surface area contributed by atoms with Crippen molar-refractivity contribution < 1.29 is 14.3 Å². The Kier molecular flexibility index (Phi) is 4.18. The van der Waals surface area contributed by atoms with Crippen LogP contribution in [0.15, 0.2) is 36.4 Å². The monoisotopic (exact) mass is 371 g/mol. The number of nitrogens with zero attached hydrogens (tertiary/aromatic N) is 4. The van der Waals surface area contributed by atoms with Gasteiger partial charge in [0.1, 0.15) is 13.2 Å². The highest BCUT2D eigenvalue weighted by atomic mass is 35.5. The maximum absolute atomic E-state index is 12.6. The lowest BCUT2D eigenvalue weighted by Crippen LogP contribution is -2.17. The number of hydrogen-bond acceptors (Lipinski definition) is 6. The van der Waals surface area contributed by atoms with E-state index in [-0.39, 0.29) is 5.91 Å². The van der Waals surface area contributed by atoms with Gasteiger partial charge < -0.3 is 14.8 Å². The van der Waals surface area contributed by atoms with E-state index in [4.69, 9.17) is 21.1 Å². The minimum atomic E-state index is -0.308. The summed E-state index contributed by atoms with van der Waals surface area (Å²) in [5, 5.41) is 14.6. The highest BCUT2D eigenvalue weighted by Gasteiger charge is 2.19. The first-order valence-corrected chi connectivity index (χ1v) is 8.23. The second-order valence-corrected chi connectivity index (χ2v) is 6.05. The number of halogens is 1. The predicted molar refractivity (Wildman–Crippen MR) is 94.6 cm³/mol. The van der Waals surface area contributed by atoms with Gasteiger partial charge in [0.05, 0.1) is 5.02 Å². The SMILES string of the molecule is Cn1nnnc1-c1cccc(NC(=O)c2cc(Cl)c3c(c2)OCCO3)c1. The Labute approximate surface area is 153 Å². The van der Waals surface area contributed by atoms with Gasteiger partial charge in [-0.15, -0.1) is 5.10 Å². The van der Waals surface area contributed by atoms with Crippen LogP contribution in [-0.4, -0.2) is 39.3 Å². The van der Waals surface area contributed by atoms with Gasteiger partial charge in [-0.25, -0.2) is 4.68 Å². The van der Waals surface area contributed by atoms with Crippen molar-refractivity contribution in [3.05, 3.63) is 47.0 Å². The molecule has 132 valence electrons. The molecule has 1 N–H and O–H groups in total. The predicted octanol–water partition coefficient (Wildman–Crippen LogP) is 2.55. The summed E-state index contributed by atoms with van der Waals surface area (Å²) in [6.07, 6.45) is 0. The molecule has 0 aliphatic carbocycles. The Morgan fingerprint density at radius 3 is 2.88 bits per heavy atom. The average Bonchev–Trinajstić information content (AvgIpc) is 3.08. The van der Waals surface area contributed by atoms with Crippen molar-refractivity contribution in [1.82, 2.24) is 20.2 Å². The molecule has 2 aromatic carbocycles. The average molecular weight is 372 g/mol. The van der Waals surface area contributed by atoms with Crippen molar-refractivity contribution in [3.8, 4) is 22.9 Å². The second-order valence-electron chi connectivity index (χ2n) is 5.64. The summed E-state index contributed by atoms with van der Waals surface area (Å²) >= 11 is 6.19. The number of nitrogens with one attached hydrogen (secondary N) is 1. The third kappa shape index (κ3) is 3.06. The number of hydrogen-bond donors (Lipinski definition) is 1. The van der Waals surface area contributed by atoms with E-state index in [1.54, 1.807) is 36.0 Å². The Bertz CT molecular complexity index is 988. The van der Waals surface area contributed by atoms with Crippen LogP contribution < -0.4 is 14.8 Å². The molecule has 0 bridgehead atoms. The van der Waals surface area contributed by atoms with Gasteiger partial charge in [0.25, 0.3) is 5.91 Å². The summed E-state index contributed by atoms with van der Waals surface area (Å²) in [5.41, 5.74) is 1.78. The van der Waals surface area contributed by atoms with Crippen LogP contribution in [-0.2, 0) is 7.05 Å². The first-order chi connectivity index (χ1) is 12.6. The summed E-state index contributed by atoms with van der Waals surface area (Å²) in [6.45, 7) is 0.851. The number of fused-ring (bicyclic) bond motifs is 1. The number of aryl methyl sites for hydroxylation is 1. The van der Waals surface area contributed by atoms with Crippen LogP contribution in [0.1, 0.15) is 10.4 Å². The van der Waals surface area contributed by atoms with Gasteiger partial charge in [0.15, 0.2) is 17.3 Å². The number of anilines is 1.